The van der Waals surface area contributed by atoms with Gasteiger partial charge in [-0.05, 0) is 59.2 Å². The number of aliphatic carboxylic acids is 1. The van der Waals surface area contributed by atoms with Crippen LogP contribution >= 0.6 is 0 Å². The number of aromatic nitrogens is 2. The van der Waals surface area contributed by atoms with E-state index < -0.39 is 5.97 Å². The summed E-state index contributed by atoms with van der Waals surface area (Å²) in [7, 11) is 0. The van der Waals surface area contributed by atoms with Crippen LogP contribution in [0.15, 0.2) is 72.9 Å². The van der Waals surface area contributed by atoms with E-state index >= 15 is 4.39 Å². The molecule has 1 aromatic heterocycles. The van der Waals surface area contributed by atoms with E-state index in [4.69, 9.17) is 5.11 Å². The highest BCUT2D eigenvalue weighted by Crippen LogP contribution is 2.46. The zero-order chi connectivity index (χ0) is 24.4. The quantitative estimate of drug-likeness (QED) is 0.255. The molecular weight excluding hydrogens is 441 g/mol. The minimum Gasteiger partial charge on any atom is -0.478 e. The molecule has 1 heterocycles. The van der Waals surface area contributed by atoms with Crippen LogP contribution in [0, 0.1) is 23.1 Å². The Morgan fingerprint density at radius 3 is 2.51 bits per heavy atom. The highest BCUT2D eigenvalue weighted by molar-refractivity contribution is 6.04. The first-order valence-corrected chi connectivity index (χ1v) is 11.4. The number of hydrogen-bond donors (Lipinski definition) is 2. The lowest BCUT2D eigenvalue weighted by molar-refractivity contribution is -0.131. The van der Waals surface area contributed by atoms with Crippen LogP contribution in [0.5, 0.6) is 0 Å². The van der Waals surface area contributed by atoms with E-state index in [-0.39, 0.29) is 11.7 Å². The molecule has 0 aliphatic heterocycles. The summed E-state index contributed by atoms with van der Waals surface area (Å²) in [6.07, 6.45) is 7.22. The topological polar surface area (TPSA) is 89.8 Å². The minimum absolute atomic E-state index is 0.167. The number of carbonyl (C=O) groups is 1. The number of nitriles is 1. The largest absolute Gasteiger partial charge is 0.478 e. The Hall–Kier alpha value is -4.50. The van der Waals surface area contributed by atoms with E-state index in [0.29, 0.717) is 16.5 Å². The maximum atomic E-state index is 15.2. The van der Waals surface area contributed by atoms with Crippen molar-refractivity contribution in [1.29, 1.82) is 5.26 Å². The van der Waals surface area contributed by atoms with Crippen LogP contribution in [0.25, 0.3) is 28.1 Å². The van der Waals surface area contributed by atoms with Gasteiger partial charge < -0.3 is 5.11 Å². The lowest BCUT2D eigenvalue weighted by Gasteiger charge is -2.32. The SMILES string of the molecule is N#Cc1c(/C(=C(/c2ccccc2F)C2CCC2)c2ccc(/C=C/C(=O)O)cc2)ccc2[nH]ncc12. The van der Waals surface area contributed by atoms with Crippen molar-refractivity contribution < 1.29 is 14.3 Å². The van der Waals surface area contributed by atoms with Crippen LogP contribution in [0.3, 0.4) is 0 Å². The molecule has 3 aromatic carbocycles. The standard InChI is InChI=1S/C29H22FN3O2/c30-25-7-2-1-6-22(25)29(19-4-3-5-19)28(20-11-8-18(9-12-20)10-15-27(34)35)21-13-14-26-24(17-32-33-26)23(21)16-31/h1-2,6-15,17,19H,3-5H2,(H,32,33)(H,34,35)/b15-10+,29-28+. The molecule has 4 aromatic rings. The molecule has 2 N–H and O–H groups in total. The second-order valence-electron chi connectivity index (χ2n) is 8.62. The first-order valence-electron chi connectivity index (χ1n) is 11.4. The first kappa shape index (κ1) is 22.3. The number of nitrogens with one attached hydrogen (secondary N) is 1. The minimum atomic E-state index is -1.02. The van der Waals surface area contributed by atoms with Crippen LogP contribution in [0.2, 0.25) is 0 Å². The van der Waals surface area contributed by atoms with Crippen LogP contribution in [0.4, 0.5) is 4.39 Å². The van der Waals surface area contributed by atoms with Gasteiger partial charge in [-0.15, -0.1) is 0 Å². The van der Waals surface area contributed by atoms with Crippen molar-refractivity contribution in [2.45, 2.75) is 19.3 Å². The summed E-state index contributed by atoms with van der Waals surface area (Å²) in [5, 5.41) is 26.8. The molecular formula is C29H22FN3O2. The predicted octanol–water partition coefficient (Wildman–Crippen LogP) is 6.43. The zero-order valence-corrected chi connectivity index (χ0v) is 18.8. The highest BCUT2D eigenvalue weighted by atomic mass is 19.1. The average molecular weight is 464 g/mol. The normalized spacial score (nSPS) is 14.5. The molecule has 0 atom stereocenters. The fourth-order valence-electron chi connectivity index (χ4n) is 4.67. The maximum Gasteiger partial charge on any atom is 0.328 e. The zero-order valence-electron chi connectivity index (χ0n) is 18.8. The van der Waals surface area contributed by atoms with Crippen LogP contribution in [0.1, 0.15) is 47.1 Å². The van der Waals surface area contributed by atoms with Gasteiger partial charge in [0, 0.05) is 22.6 Å². The van der Waals surface area contributed by atoms with E-state index in [1.54, 1.807) is 18.3 Å². The molecule has 1 fully saturated rings. The van der Waals surface area contributed by atoms with Crippen molar-refractivity contribution in [3.05, 3.63) is 107 Å². The van der Waals surface area contributed by atoms with Crippen molar-refractivity contribution in [3.63, 3.8) is 0 Å². The third-order valence-corrected chi connectivity index (χ3v) is 6.57. The molecule has 0 amide bonds. The summed E-state index contributed by atoms with van der Waals surface area (Å²) < 4.78 is 15.2. The maximum absolute atomic E-state index is 15.2. The number of hydrogen-bond acceptors (Lipinski definition) is 3. The van der Waals surface area contributed by atoms with Crippen molar-refractivity contribution >= 4 is 34.1 Å². The van der Waals surface area contributed by atoms with E-state index in [1.807, 2.05) is 42.5 Å². The van der Waals surface area contributed by atoms with Gasteiger partial charge in [-0.3, -0.25) is 5.10 Å². The smallest absolute Gasteiger partial charge is 0.328 e. The molecule has 1 saturated carbocycles. The number of halogens is 1. The van der Waals surface area contributed by atoms with E-state index in [9.17, 15) is 10.1 Å². The Labute approximate surface area is 201 Å². The molecule has 35 heavy (non-hydrogen) atoms. The van der Waals surface area contributed by atoms with Crippen LogP contribution in [-0.4, -0.2) is 21.3 Å². The number of carboxylic acid groups (broad SMARTS) is 1. The summed E-state index contributed by atoms with van der Waals surface area (Å²) in [4.78, 5) is 10.9. The van der Waals surface area contributed by atoms with Crippen LogP contribution in [-0.2, 0) is 4.79 Å². The molecule has 0 radical (unpaired) electrons. The summed E-state index contributed by atoms with van der Waals surface area (Å²) in [5.41, 5.74) is 5.78. The second kappa shape index (κ2) is 9.40. The number of aromatic amines is 1. The Morgan fingerprint density at radius 1 is 1.09 bits per heavy atom. The number of nitrogens with zero attached hydrogens (tertiary/aromatic N) is 2. The van der Waals surface area contributed by atoms with Crippen LogP contribution < -0.4 is 0 Å². The molecule has 1 aliphatic rings. The monoisotopic (exact) mass is 463 g/mol. The first-order chi connectivity index (χ1) is 17.1. The molecule has 0 unspecified atom stereocenters. The lowest BCUT2D eigenvalue weighted by atomic mass is 9.72. The summed E-state index contributed by atoms with van der Waals surface area (Å²) in [5.74, 6) is -1.15. The van der Waals surface area contributed by atoms with E-state index in [2.05, 4.69) is 16.3 Å². The number of carboxylic acids is 1. The predicted molar refractivity (Wildman–Crippen MR) is 134 cm³/mol. The fraction of sp³-hybridized carbons (Fsp3) is 0.138. The molecule has 0 bridgehead atoms. The van der Waals surface area contributed by atoms with Crippen molar-refractivity contribution in [2.75, 3.05) is 0 Å². The van der Waals surface area contributed by atoms with Gasteiger partial charge >= 0.3 is 5.97 Å². The number of fused-ring (bicyclic) bond motifs is 1. The molecule has 172 valence electrons. The average Bonchev–Trinajstić information content (AvgIpc) is 3.31. The van der Waals surface area contributed by atoms with Gasteiger partial charge in [0.2, 0.25) is 0 Å². The molecule has 0 spiro atoms. The van der Waals surface area contributed by atoms with Crippen molar-refractivity contribution in [2.24, 2.45) is 5.92 Å². The summed E-state index contributed by atoms with van der Waals surface area (Å²) in [6, 6.07) is 20.4. The molecule has 6 heteroatoms. The summed E-state index contributed by atoms with van der Waals surface area (Å²) >= 11 is 0. The Balaban J connectivity index is 1.81. The molecule has 1 aliphatic carbocycles. The summed E-state index contributed by atoms with van der Waals surface area (Å²) in [6.45, 7) is 0. The van der Waals surface area contributed by atoms with Gasteiger partial charge in [0.15, 0.2) is 0 Å². The number of benzene rings is 3. The van der Waals surface area contributed by atoms with Gasteiger partial charge in [-0.1, -0.05) is 55.0 Å². The van der Waals surface area contributed by atoms with Gasteiger partial charge in [0.1, 0.15) is 11.9 Å². The number of allylic oxidation sites excluding steroid dienone is 1. The van der Waals surface area contributed by atoms with Gasteiger partial charge in [0.25, 0.3) is 0 Å². The van der Waals surface area contributed by atoms with E-state index in [0.717, 1.165) is 58.7 Å². The van der Waals surface area contributed by atoms with Gasteiger partial charge in [0.05, 0.1) is 17.3 Å². The number of H-pyrrole nitrogens is 1. The second-order valence-corrected chi connectivity index (χ2v) is 8.62. The fourth-order valence-corrected chi connectivity index (χ4v) is 4.67. The van der Waals surface area contributed by atoms with Gasteiger partial charge in [-0.2, -0.15) is 10.4 Å². The third kappa shape index (κ3) is 4.24. The highest BCUT2D eigenvalue weighted by Gasteiger charge is 2.30. The third-order valence-electron chi connectivity index (χ3n) is 6.57. The molecule has 5 nitrogen and oxygen atoms in total. The molecule has 0 saturated heterocycles. The van der Waals surface area contributed by atoms with Crippen molar-refractivity contribution in [3.8, 4) is 6.07 Å². The Kier molecular flexibility index (Phi) is 5.99. The Bertz CT molecular complexity index is 1520. The lowest BCUT2D eigenvalue weighted by Crippen LogP contribution is -2.16. The Morgan fingerprint density at radius 2 is 1.86 bits per heavy atom. The van der Waals surface area contributed by atoms with Gasteiger partial charge in [-0.25, -0.2) is 9.18 Å². The molecule has 5 rings (SSSR count). The van der Waals surface area contributed by atoms with Crippen molar-refractivity contribution in [1.82, 2.24) is 10.2 Å². The number of rotatable bonds is 6. The van der Waals surface area contributed by atoms with E-state index in [1.165, 1.54) is 12.1 Å².